The predicted molar refractivity (Wildman–Crippen MR) is 96.2 cm³/mol. The second kappa shape index (κ2) is 7.62. The van der Waals surface area contributed by atoms with Crippen LogP contribution in [0, 0.1) is 0 Å². The van der Waals surface area contributed by atoms with Crippen molar-refractivity contribution in [2.24, 2.45) is 0 Å². The second-order valence-corrected chi connectivity index (χ2v) is 7.78. The standard InChI is InChI=1S/C17H22ClN3OS/c1-12-9-21(10-13(2)22-12)11-14-3-5-15(6-4-14)19-7-16-8-20-17(18)23-16/h3-6,8,12-13,19H,7,9-11H2,1-2H3. The smallest absolute Gasteiger partial charge is 0.183 e. The number of nitrogens with zero attached hydrogens (tertiary/aromatic N) is 2. The lowest BCUT2D eigenvalue weighted by Gasteiger charge is -2.35. The van der Waals surface area contributed by atoms with Gasteiger partial charge in [-0.15, -0.1) is 11.3 Å². The number of aromatic nitrogens is 1. The number of hydrogen-bond acceptors (Lipinski definition) is 5. The topological polar surface area (TPSA) is 37.4 Å². The fraction of sp³-hybridized carbons (Fsp3) is 0.471. The van der Waals surface area contributed by atoms with Gasteiger partial charge in [0.2, 0.25) is 0 Å². The molecule has 0 aliphatic carbocycles. The number of nitrogens with one attached hydrogen (secondary N) is 1. The van der Waals surface area contributed by atoms with Crippen LogP contribution < -0.4 is 5.32 Å². The molecule has 0 saturated carbocycles. The molecule has 1 aliphatic heterocycles. The number of halogens is 1. The zero-order chi connectivity index (χ0) is 16.2. The molecule has 2 aromatic rings. The van der Waals surface area contributed by atoms with Crippen molar-refractivity contribution in [1.29, 1.82) is 0 Å². The average molecular weight is 352 g/mol. The van der Waals surface area contributed by atoms with E-state index in [0.717, 1.165) is 36.7 Å². The summed E-state index contributed by atoms with van der Waals surface area (Å²) in [7, 11) is 0. The van der Waals surface area contributed by atoms with Crippen LogP contribution in [-0.2, 0) is 17.8 Å². The van der Waals surface area contributed by atoms with Crippen LogP contribution in [-0.4, -0.2) is 35.2 Å². The Hall–Kier alpha value is -1.14. The van der Waals surface area contributed by atoms with E-state index in [1.807, 2.05) is 6.20 Å². The molecule has 0 bridgehead atoms. The molecule has 2 atom stereocenters. The third-order valence-electron chi connectivity index (χ3n) is 3.85. The lowest BCUT2D eigenvalue weighted by molar-refractivity contribution is -0.0704. The molecule has 1 saturated heterocycles. The first-order valence-electron chi connectivity index (χ1n) is 7.89. The molecular weight excluding hydrogens is 330 g/mol. The van der Waals surface area contributed by atoms with Crippen molar-refractivity contribution in [2.45, 2.75) is 39.1 Å². The minimum absolute atomic E-state index is 0.311. The first-order valence-corrected chi connectivity index (χ1v) is 9.09. The Morgan fingerprint density at radius 2 is 1.96 bits per heavy atom. The quantitative estimate of drug-likeness (QED) is 0.882. The van der Waals surface area contributed by atoms with Crippen molar-refractivity contribution >= 4 is 28.6 Å². The maximum absolute atomic E-state index is 5.84. The molecule has 1 aromatic heterocycles. The van der Waals surface area contributed by atoms with Gasteiger partial charge in [-0.2, -0.15) is 0 Å². The number of rotatable bonds is 5. The molecule has 0 radical (unpaired) electrons. The Kier molecular flexibility index (Phi) is 5.54. The molecule has 1 N–H and O–H groups in total. The highest BCUT2D eigenvalue weighted by molar-refractivity contribution is 7.15. The highest BCUT2D eigenvalue weighted by Crippen LogP contribution is 2.20. The summed E-state index contributed by atoms with van der Waals surface area (Å²) in [4.78, 5) is 7.64. The van der Waals surface area contributed by atoms with E-state index in [4.69, 9.17) is 16.3 Å². The lowest BCUT2D eigenvalue weighted by atomic mass is 10.1. The van der Waals surface area contributed by atoms with E-state index in [0.29, 0.717) is 16.7 Å². The predicted octanol–water partition coefficient (Wildman–Crippen LogP) is 4.02. The number of morpholine rings is 1. The number of anilines is 1. The zero-order valence-electron chi connectivity index (χ0n) is 13.5. The maximum atomic E-state index is 5.84. The van der Waals surface area contributed by atoms with Gasteiger partial charge in [0.15, 0.2) is 4.47 Å². The first-order chi connectivity index (χ1) is 11.1. The number of thiazole rings is 1. The van der Waals surface area contributed by atoms with Gasteiger partial charge in [0, 0.05) is 36.4 Å². The highest BCUT2D eigenvalue weighted by Gasteiger charge is 2.21. The third-order valence-corrected chi connectivity index (χ3v) is 4.96. The van der Waals surface area contributed by atoms with Crippen molar-refractivity contribution in [3.63, 3.8) is 0 Å². The normalized spacial score (nSPS) is 22.2. The summed E-state index contributed by atoms with van der Waals surface area (Å²) in [5.41, 5.74) is 2.44. The van der Waals surface area contributed by atoms with Crippen LogP contribution in [0.5, 0.6) is 0 Å². The van der Waals surface area contributed by atoms with Crippen molar-refractivity contribution < 1.29 is 4.74 Å². The minimum Gasteiger partial charge on any atom is -0.380 e. The summed E-state index contributed by atoms with van der Waals surface area (Å²) in [6.45, 7) is 8.00. The van der Waals surface area contributed by atoms with Crippen molar-refractivity contribution in [1.82, 2.24) is 9.88 Å². The largest absolute Gasteiger partial charge is 0.380 e. The Labute approximate surface area is 146 Å². The van der Waals surface area contributed by atoms with E-state index in [9.17, 15) is 0 Å². The summed E-state index contributed by atoms with van der Waals surface area (Å²) >= 11 is 7.35. The second-order valence-electron chi connectivity index (χ2n) is 6.08. The molecular formula is C17H22ClN3OS. The molecule has 1 fully saturated rings. The SMILES string of the molecule is CC1CN(Cc2ccc(NCc3cnc(Cl)s3)cc2)CC(C)O1. The van der Waals surface area contributed by atoms with Crippen LogP contribution in [0.3, 0.4) is 0 Å². The molecule has 6 heteroatoms. The summed E-state index contributed by atoms with van der Waals surface area (Å²) in [5.74, 6) is 0. The van der Waals surface area contributed by atoms with Crippen LogP contribution >= 0.6 is 22.9 Å². The fourth-order valence-electron chi connectivity index (χ4n) is 2.95. The van der Waals surface area contributed by atoms with E-state index in [2.05, 4.69) is 53.3 Å². The minimum atomic E-state index is 0.311. The van der Waals surface area contributed by atoms with Gasteiger partial charge in [-0.05, 0) is 31.5 Å². The summed E-state index contributed by atoms with van der Waals surface area (Å²) in [5, 5.41) is 3.40. The third kappa shape index (κ3) is 4.91. The molecule has 1 aliphatic rings. The Bertz CT molecular complexity index is 621. The molecule has 0 spiro atoms. The summed E-state index contributed by atoms with van der Waals surface area (Å²) in [6.07, 6.45) is 2.44. The van der Waals surface area contributed by atoms with Gasteiger partial charge in [0.25, 0.3) is 0 Å². The molecule has 2 unspecified atom stereocenters. The van der Waals surface area contributed by atoms with E-state index < -0.39 is 0 Å². The molecule has 124 valence electrons. The molecule has 2 heterocycles. The van der Waals surface area contributed by atoms with Gasteiger partial charge in [0.05, 0.1) is 18.8 Å². The van der Waals surface area contributed by atoms with Gasteiger partial charge in [-0.3, -0.25) is 4.90 Å². The van der Waals surface area contributed by atoms with E-state index in [-0.39, 0.29) is 0 Å². The Morgan fingerprint density at radius 1 is 1.26 bits per heavy atom. The zero-order valence-corrected chi connectivity index (χ0v) is 15.0. The number of benzene rings is 1. The van der Waals surface area contributed by atoms with Crippen molar-refractivity contribution in [2.75, 3.05) is 18.4 Å². The molecule has 1 aromatic carbocycles. The van der Waals surface area contributed by atoms with Crippen molar-refractivity contribution in [3.8, 4) is 0 Å². The highest BCUT2D eigenvalue weighted by atomic mass is 35.5. The van der Waals surface area contributed by atoms with Gasteiger partial charge in [-0.1, -0.05) is 23.7 Å². The average Bonchev–Trinajstić information content (AvgIpc) is 2.91. The Morgan fingerprint density at radius 3 is 2.57 bits per heavy atom. The van der Waals surface area contributed by atoms with Crippen LogP contribution in [0.4, 0.5) is 5.69 Å². The van der Waals surface area contributed by atoms with Gasteiger partial charge < -0.3 is 10.1 Å². The fourth-order valence-corrected chi connectivity index (χ4v) is 3.87. The molecule has 4 nitrogen and oxygen atoms in total. The van der Waals surface area contributed by atoms with Crippen LogP contribution in [0.15, 0.2) is 30.5 Å². The van der Waals surface area contributed by atoms with Crippen LogP contribution in [0.25, 0.3) is 0 Å². The van der Waals surface area contributed by atoms with Crippen molar-refractivity contribution in [3.05, 3.63) is 45.4 Å². The monoisotopic (exact) mass is 351 g/mol. The maximum Gasteiger partial charge on any atom is 0.183 e. The summed E-state index contributed by atoms with van der Waals surface area (Å²) in [6, 6.07) is 8.64. The molecule has 3 rings (SSSR count). The lowest BCUT2D eigenvalue weighted by Crippen LogP contribution is -2.44. The number of ether oxygens (including phenoxy) is 1. The summed E-state index contributed by atoms with van der Waals surface area (Å²) < 4.78 is 6.37. The van der Waals surface area contributed by atoms with E-state index in [1.165, 1.54) is 16.9 Å². The molecule has 0 amide bonds. The van der Waals surface area contributed by atoms with Gasteiger partial charge >= 0.3 is 0 Å². The molecule has 23 heavy (non-hydrogen) atoms. The van der Waals surface area contributed by atoms with Gasteiger partial charge in [0.1, 0.15) is 0 Å². The van der Waals surface area contributed by atoms with Gasteiger partial charge in [-0.25, -0.2) is 4.98 Å². The van der Waals surface area contributed by atoms with Crippen LogP contribution in [0.2, 0.25) is 4.47 Å². The van der Waals surface area contributed by atoms with E-state index in [1.54, 1.807) is 0 Å². The first kappa shape index (κ1) is 16.7. The number of hydrogen-bond donors (Lipinski definition) is 1. The Balaban J connectivity index is 1.52. The van der Waals surface area contributed by atoms with E-state index >= 15 is 0 Å². The van der Waals surface area contributed by atoms with Crippen LogP contribution in [0.1, 0.15) is 24.3 Å².